The van der Waals surface area contributed by atoms with E-state index < -0.39 is 5.91 Å². The van der Waals surface area contributed by atoms with Crippen molar-refractivity contribution in [2.75, 3.05) is 5.32 Å². The third kappa shape index (κ3) is 3.97. The summed E-state index contributed by atoms with van der Waals surface area (Å²) in [6.45, 7) is 1.81. The first-order chi connectivity index (χ1) is 10.5. The molecule has 0 spiro atoms. The van der Waals surface area contributed by atoms with Crippen LogP contribution in [0, 0.1) is 18.3 Å². The van der Waals surface area contributed by atoms with Crippen molar-refractivity contribution in [3.05, 3.63) is 68.7 Å². The van der Waals surface area contributed by atoms with E-state index in [-0.39, 0.29) is 5.57 Å². The average molecular weight is 376 g/mol. The van der Waals surface area contributed by atoms with Crippen LogP contribution < -0.4 is 5.32 Å². The number of rotatable bonds is 3. The van der Waals surface area contributed by atoms with Gasteiger partial charge in [0.05, 0.1) is 0 Å². The summed E-state index contributed by atoms with van der Waals surface area (Å²) in [6.07, 6.45) is 1.54. The molecule has 0 fully saturated rings. The summed E-state index contributed by atoms with van der Waals surface area (Å²) < 4.78 is 0.933. The van der Waals surface area contributed by atoms with Crippen LogP contribution in [-0.2, 0) is 4.79 Å². The largest absolute Gasteiger partial charge is 0.321 e. The van der Waals surface area contributed by atoms with Crippen LogP contribution >= 0.6 is 27.5 Å². The Morgan fingerprint density at radius 3 is 2.59 bits per heavy atom. The van der Waals surface area contributed by atoms with Gasteiger partial charge in [0.1, 0.15) is 11.6 Å². The average Bonchev–Trinajstić information content (AvgIpc) is 2.51. The number of hydrogen-bond acceptors (Lipinski definition) is 2. The molecule has 0 unspecified atom stereocenters. The molecule has 0 heterocycles. The Kier molecular flexibility index (Phi) is 5.37. The summed E-state index contributed by atoms with van der Waals surface area (Å²) in [5, 5.41) is 12.5. The Balaban J connectivity index is 2.24. The molecular formula is C17H12BrClN2O. The van der Waals surface area contributed by atoms with Gasteiger partial charge in [0.2, 0.25) is 0 Å². The van der Waals surface area contributed by atoms with Crippen LogP contribution in [0.2, 0.25) is 5.02 Å². The Hall–Kier alpha value is -2.09. The lowest BCUT2D eigenvalue weighted by Gasteiger charge is -2.08. The molecule has 3 nitrogen and oxygen atoms in total. The van der Waals surface area contributed by atoms with Crippen molar-refractivity contribution < 1.29 is 4.79 Å². The van der Waals surface area contributed by atoms with E-state index in [1.54, 1.807) is 24.3 Å². The smallest absolute Gasteiger partial charge is 0.266 e. The van der Waals surface area contributed by atoms with Gasteiger partial charge in [-0.2, -0.15) is 5.26 Å². The highest BCUT2D eigenvalue weighted by Crippen LogP contribution is 2.23. The molecule has 0 aliphatic rings. The second kappa shape index (κ2) is 7.26. The molecule has 2 rings (SSSR count). The molecule has 2 aromatic carbocycles. The quantitative estimate of drug-likeness (QED) is 0.609. The molecule has 0 aliphatic heterocycles. The number of anilines is 1. The standard InChI is InChI=1S/C17H12BrClN2O/c1-11-15(19)3-2-4-16(11)21-17(22)13(10-20)9-12-5-7-14(18)8-6-12/h2-9H,1H3,(H,21,22)/b13-9+. The molecule has 0 saturated carbocycles. The fourth-order valence-corrected chi connectivity index (χ4v) is 2.25. The normalized spacial score (nSPS) is 10.9. The number of carbonyl (C=O) groups is 1. The fraction of sp³-hybridized carbons (Fsp3) is 0.0588. The van der Waals surface area contributed by atoms with Gasteiger partial charge in [-0.25, -0.2) is 0 Å². The van der Waals surface area contributed by atoms with E-state index >= 15 is 0 Å². The van der Waals surface area contributed by atoms with Crippen LogP contribution in [0.5, 0.6) is 0 Å². The highest BCUT2D eigenvalue weighted by molar-refractivity contribution is 9.10. The lowest BCUT2D eigenvalue weighted by Crippen LogP contribution is -2.14. The van der Waals surface area contributed by atoms with Gasteiger partial charge in [0.25, 0.3) is 5.91 Å². The van der Waals surface area contributed by atoms with Gasteiger partial charge in [-0.1, -0.05) is 45.7 Å². The molecule has 0 radical (unpaired) electrons. The van der Waals surface area contributed by atoms with Crippen molar-refractivity contribution in [3.63, 3.8) is 0 Å². The Labute approximate surface area is 142 Å². The molecule has 1 amide bonds. The molecule has 0 bridgehead atoms. The number of nitrogens with one attached hydrogen (secondary N) is 1. The first kappa shape index (κ1) is 16.3. The SMILES string of the molecule is Cc1c(Cl)cccc1NC(=O)/C(C#N)=C/c1ccc(Br)cc1. The van der Waals surface area contributed by atoms with E-state index in [2.05, 4.69) is 21.2 Å². The predicted molar refractivity (Wildman–Crippen MR) is 92.6 cm³/mol. The minimum absolute atomic E-state index is 0.0293. The van der Waals surface area contributed by atoms with Crippen LogP contribution in [0.25, 0.3) is 6.08 Å². The molecule has 0 saturated heterocycles. The van der Waals surface area contributed by atoms with Crippen molar-refractivity contribution in [1.82, 2.24) is 0 Å². The number of benzene rings is 2. The maximum absolute atomic E-state index is 12.2. The number of carbonyl (C=O) groups excluding carboxylic acids is 1. The summed E-state index contributed by atoms with van der Waals surface area (Å²) in [5.41, 5.74) is 2.16. The van der Waals surface area contributed by atoms with E-state index in [0.717, 1.165) is 15.6 Å². The first-order valence-corrected chi connectivity index (χ1v) is 7.62. The van der Waals surface area contributed by atoms with Crippen molar-refractivity contribution in [2.24, 2.45) is 0 Å². The van der Waals surface area contributed by atoms with Crippen molar-refractivity contribution in [1.29, 1.82) is 5.26 Å². The summed E-state index contributed by atoms with van der Waals surface area (Å²) in [5.74, 6) is -0.462. The van der Waals surface area contributed by atoms with E-state index in [9.17, 15) is 10.1 Å². The van der Waals surface area contributed by atoms with E-state index in [1.807, 2.05) is 37.3 Å². The summed E-state index contributed by atoms with van der Waals surface area (Å²) in [4.78, 5) is 12.2. The van der Waals surface area contributed by atoms with Crippen LogP contribution in [0.15, 0.2) is 52.5 Å². The lowest BCUT2D eigenvalue weighted by molar-refractivity contribution is -0.112. The van der Waals surface area contributed by atoms with Gasteiger partial charge in [-0.05, 0) is 48.4 Å². The highest BCUT2D eigenvalue weighted by Gasteiger charge is 2.11. The van der Waals surface area contributed by atoms with E-state index in [1.165, 1.54) is 0 Å². The van der Waals surface area contributed by atoms with Gasteiger partial charge < -0.3 is 5.32 Å². The first-order valence-electron chi connectivity index (χ1n) is 6.45. The molecule has 2 aromatic rings. The summed E-state index contributed by atoms with van der Waals surface area (Å²) in [7, 11) is 0. The lowest BCUT2D eigenvalue weighted by atomic mass is 10.1. The van der Waals surface area contributed by atoms with Gasteiger partial charge in [0.15, 0.2) is 0 Å². The number of nitrogens with zero attached hydrogens (tertiary/aromatic N) is 1. The Morgan fingerprint density at radius 1 is 1.27 bits per heavy atom. The predicted octanol–water partition coefficient (Wildman–Crippen LogP) is 4.96. The second-order valence-corrected chi connectivity index (χ2v) is 5.91. The van der Waals surface area contributed by atoms with Gasteiger partial charge in [-0.3, -0.25) is 4.79 Å². The monoisotopic (exact) mass is 374 g/mol. The Bertz CT molecular complexity index is 776. The van der Waals surface area contributed by atoms with Gasteiger partial charge in [0, 0.05) is 15.2 Å². The fourth-order valence-electron chi connectivity index (χ4n) is 1.81. The zero-order chi connectivity index (χ0) is 16.1. The van der Waals surface area contributed by atoms with Crippen molar-refractivity contribution in [3.8, 4) is 6.07 Å². The van der Waals surface area contributed by atoms with Crippen molar-refractivity contribution >= 4 is 45.2 Å². The van der Waals surface area contributed by atoms with Crippen LogP contribution in [0.4, 0.5) is 5.69 Å². The third-order valence-electron chi connectivity index (χ3n) is 3.06. The van der Waals surface area contributed by atoms with Crippen molar-refractivity contribution in [2.45, 2.75) is 6.92 Å². The third-order valence-corrected chi connectivity index (χ3v) is 4.00. The highest BCUT2D eigenvalue weighted by atomic mass is 79.9. The number of nitriles is 1. The molecule has 0 aromatic heterocycles. The van der Waals surface area contributed by atoms with E-state index in [4.69, 9.17) is 11.6 Å². The zero-order valence-electron chi connectivity index (χ0n) is 11.7. The Morgan fingerprint density at radius 2 is 1.95 bits per heavy atom. The molecule has 0 atom stereocenters. The maximum atomic E-state index is 12.2. The molecule has 1 N–H and O–H groups in total. The molecule has 0 aliphatic carbocycles. The minimum atomic E-state index is -0.462. The topological polar surface area (TPSA) is 52.9 Å². The molecular weight excluding hydrogens is 364 g/mol. The minimum Gasteiger partial charge on any atom is -0.321 e. The van der Waals surface area contributed by atoms with Crippen LogP contribution in [-0.4, -0.2) is 5.91 Å². The van der Waals surface area contributed by atoms with Gasteiger partial charge >= 0.3 is 0 Å². The molecule has 110 valence electrons. The number of amides is 1. The molecule has 22 heavy (non-hydrogen) atoms. The zero-order valence-corrected chi connectivity index (χ0v) is 14.1. The number of hydrogen-bond donors (Lipinski definition) is 1. The van der Waals surface area contributed by atoms with E-state index in [0.29, 0.717) is 10.7 Å². The van der Waals surface area contributed by atoms with Crippen LogP contribution in [0.1, 0.15) is 11.1 Å². The van der Waals surface area contributed by atoms with Gasteiger partial charge in [-0.15, -0.1) is 0 Å². The molecule has 5 heteroatoms. The maximum Gasteiger partial charge on any atom is 0.266 e. The van der Waals surface area contributed by atoms with Crippen LogP contribution in [0.3, 0.4) is 0 Å². The summed E-state index contributed by atoms with van der Waals surface area (Å²) >= 11 is 9.36. The second-order valence-electron chi connectivity index (χ2n) is 4.59. The summed E-state index contributed by atoms with van der Waals surface area (Å²) in [6, 6.07) is 14.5. The number of halogens is 2.